The van der Waals surface area contributed by atoms with E-state index in [2.05, 4.69) is 39.1 Å². The van der Waals surface area contributed by atoms with Crippen molar-refractivity contribution in [3.8, 4) is 0 Å². The molecule has 3 heterocycles. The molecule has 2 aliphatic heterocycles. The van der Waals surface area contributed by atoms with Crippen molar-refractivity contribution in [1.82, 2.24) is 9.97 Å². The van der Waals surface area contributed by atoms with Crippen LogP contribution in [-0.4, -0.2) is 29.0 Å². The molecule has 26 heavy (non-hydrogen) atoms. The molecule has 5 nitrogen and oxygen atoms in total. The summed E-state index contributed by atoms with van der Waals surface area (Å²) < 4.78 is 0. The molecule has 3 aromatic rings. The van der Waals surface area contributed by atoms with Gasteiger partial charge in [0.15, 0.2) is 0 Å². The number of hydrogen-bond acceptors (Lipinski definition) is 3. The molecule has 5 heteroatoms. The lowest BCUT2D eigenvalue weighted by molar-refractivity contribution is -0.117. The number of nitrogens with one attached hydrogen (secondary N) is 1. The van der Waals surface area contributed by atoms with Crippen LogP contribution in [0.4, 0.5) is 11.4 Å². The molecule has 1 unspecified atom stereocenters. The van der Waals surface area contributed by atoms with Crippen LogP contribution in [0.2, 0.25) is 0 Å². The average Bonchev–Trinajstić information content (AvgIpc) is 3.41. The van der Waals surface area contributed by atoms with E-state index in [0.717, 1.165) is 36.2 Å². The minimum atomic E-state index is 0.102. The van der Waals surface area contributed by atoms with Gasteiger partial charge < -0.3 is 14.8 Å². The van der Waals surface area contributed by atoms with E-state index in [-0.39, 0.29) is 11.9 Å². The summed E-state index contributed by atoms with van der Waals surface area (Å²) in [5.41, 5.74) is 5.34. The first-order valence-electron chi connectivity index (χ1n) is 9.40. The molecule has 2 aromatic carbocycles. The first-order chi connectivity index (χ1) is 12.8. The number of H-pyrrole nitrogens is 1. The Kier molecular flexibility index (Phi) is 3.66. The molecule has 2 saturated heterocycles. The first-order valence-corrected chi connectivity index (χ1v) is 9.40. The molecule has 1 aromatic heterocycles. The van der Waals surface area contributed by atoms with Crippen LogP contribution in [0.15, 0.2) is 48.8 Å². The van der Waals surface area contributed by atoms with Crippen LogP contribution in [0, 0.1) is 0 Å². The van der Waals surface area contributed by atoms with Crippen LogP contribution < -0.4 is 9.80 Å². The second kappa shape index (κ2) is 6.16. The summed E-state index contributed by atoms with van der Waals surface area (Å²) in [6.07, 6.45) is 5.69. The number of aromatic amines is 1. The third-order valence-corrected chi connectivity index (χ3v) is 5.62. The van der Waals surface area contributed by atoms with Crippen LogP contribution in [-0.2, 0) is 4.79 Å². The van der Waals surface area contributed by atoms with E-state index in [1.54, 1.807) is 6.33 Å². The van der Waals surface area contributed by atoms with Gasteiger partial charge in [0.1, 0.15) is 0 Å². The van der Waals surface area contributed by atoms with Crippen LogP contribution in [0.1, 0.15) is 37.3 Å². The highest BCUT2D eigenvalue weighted by atomic mass is 16.2. The van der Waals surface area contributed by atoms with E-state index in [4.69, 9.17) is 0 Å². The molecule has 0 spiro atoms. The largest absolute Gasteiger partial charge is 0.372 e. The third kappa shape index (κ3) is 2.55. The van der Waals surface area contributed by atoms with Crippen LogP contribution in [0.5, 0.6) is 0 Å². The maximum absolute atomic E-state index is 12.7. The van der Waals surface area contributed by atoms with Gasteiger partial charge in [-0.15, -0.1) is 0 Å². The maximum Gasteiger partial charge on any atom is 0.227 e. The van der Waals surface area contributed by atoms with Gasteiger partial charge in [-0.05, 0) is 55.2 Å². The highest BCUT2D eigenvalue weighted by molar-refractivity contribution is 5.98. The van der Waals surface area contributed by atoms with E-state index in [1.165, 1.54) is 24.1 Å². The van der Waals surface area contributed by atoms with Gasteiger partial charge in [0.05, 0.1) is 23.4 Å². The van der Waals surface area contributed by atoms with Gasteiger partial charge in [-0.1, -0.05) is 12.1 Å². The number of imidazole rings is 1. The van der Waals surface area contributed by atoms with Gasteiger partial charge in [-0.25, -0.2) is 4.98 Å². The van der Waals surface area contributed by atoms with E-state index < -0.39 is 0 Å². The number of carbonyl (C=O) groups excluding carboxylic acids is 1. The van der Waals surface area contributed by atoms with Gasteiger partial charge in [0.25, 0.3) is 0 Å². The molecule has 2 aliphatic rings. The van der Waals surface area contributed by atoms with Crippen molar-refractivity contribution in [2.24, 2.45) is 0 Å². The predicted octanol–water partition coefficient (Wildman–Crippen LogP) is 4.03. The number of rotatable bonds is 3. The second-order valence-electron chi connectivity index (χ2n) is 7.21. The smallest absolute Gasteiger partial charge is 0.227 e. The van der Waals surface area contributed by atoms with Gasteiger partial charge in [-0.3, -0.25) is 4.79 Å². The average molecular weight is 346 g/mol. The zero-order valence-corrected chi connectivity index (χ0v) is 14.7. The summed E-state index contributed by atoms with van der Waals surface area (Å²) in [5, 5.41) is 0. The van der Waals surface area contributed by atoms with Crippen molar-refractivity contribution in [2.75, 3.05) is 22.9 Å². The number of benzene rings is 2. The number of amides is 1. The quantitative estimate of drug-likeness (QED) is 0.779. The fourth-order valence-electron chi connectivity index (χ4n) is 4.30. The Morgan fingerprint density at radius 3 is 2.81 bits per heavy atom. The molecular weight excluding hydrogens is 324 g/mol. The van der Waals surface area contributed by atoms with Crippen molar-refractivity contribution in [3.63, 3.8) is 0 Å². The minimum absolute atomic E-state index is 0.102. The topological polar surface area (TPSA) is 52.2 Å². The van der Waals surface area contributed by atoms with Gasteiger partial charge >= 0.3 is 0 Å². The fraction of sp³-hybridized carbons (Fsp3) is 0.333. The van der Waals surface area contributed by atoms with Crippen LogP contribution >= 0.6 is 0 Å². The normalized spacial score (nSPS) is 20.5. The lowest BCUT2D eigenvalue weighted by Gasteiger charge is -2.27. The molecule has 0 radical (unpaired) electrons. The number of nitrogens with zero attached hydrogens (tertiary/aromatic N) is 3. The number of aromatic nitrogens is 2. The van der Waals surface area contributed by atoms with Gasteiger partial charge in [-0.2, -0.15) is 0 Å². The Morgan fingerprint density at radius 2 is 1.92 bits per heavy atom. The van der Waals surface area contributed by atoms with Gasteiger partial charge in [0, 0.05) is 30.9 Å². The summed E-state index contributed by atoms with van der Waals surface area (Å²) in [6, 6.07) is 14.9. The van der Waals surface area contributed by atoms with Crippen molar-refractivity contribution < 1.29 is 4.79 Å². The molecular formula is C21H22N4O. The summed E-state index contributed by atoms with van der Waals surface area (Å²) in [7, 11) is 0. The Balaban J connectivity index is 1.51. The number of hydrogen-bond donors (Lipinski definition) is 1. The summed E-state index contributed by atoms with van der Waals surface area (Å²) >= 11 is 0. The van der Waals surface area contributed by atoms with E-state index in [0.29, 0.717) is 6.42 Å². The SMILES string of the molecule is O=C1CCC(c2cccc(N3CCCC3)c2)N1c1ccc2nc[nH]c2c1. The van der Waals surface area contributed by atoms with Crippen molar-refractivity contribution in [3.05, 3.63) is 54.4 Å². The molecule has 1 amide bonds. The monoisotopic (exact) mass is 346 g/mol. The number of carbonyl (C=O) groups is 1. The molecule has 1 N–H and O–H groups in total. The Hall–Kier alpha value is -2.82. The van der Waals surface area contributed by atoms with Crippen molar-refractivity contribution in [1.29, 1.82) is 0 Å². The molecule has 5 rings (SSSR count). The lowest BCUT2D eigenvalue weighted by Crippen LogP contribution is -2.27. The van der Waals surface area contributed by atoms with Crippen molar-refractivity contribution >= 4 is 28.3 Å². The Labute approximate surface area is 152 Å². The second-order valence-corrected chi connectivity index (χ2v) is 7.21. The Morgan fingerprint density at radius 1 is 1.04 bits per heavy atom. The molecule has 0 saturated carbocycles. The standard InChI is InChI=1S/C21H22N4O/c26-21-9-8-20(15-4-3-5-16(12-15)24-10-1-2-11-24)25(21)17-6-7-18-19(13-17)23-14-22-18/h3-7,12-14,20H,1-2,8-11H2,(H,22,23). The third-order valence-electron chi connectivity index (χ3n) is 5.62. The van der Waals surface area contributed by atoms with Crippen LogP contribution in [0.3, 0.4) is 0 Å². The predicted molar refractivity (Wildman–Crippen MR) is 103 cm³/mol. The molecule has 132 valence electrons. The summed E-state index contributed by atoms with van der Waals surface area (Å²) in [4.78, 5) is 24.5. The maximum atomic E-state index is 12.7. The molecule has 0 bridgehead atoms. The summed E-state index contributed by atoms with van der Waals surface area (Å²) in [6.45, 7) is 2.26. The van der Waals surface area contributed by atoms with Gasteiger partial charge in [0.2, 0.25) is 5.91 Å². The molecule has 2 fully saturated rings. The van der Waals surface area contributed by atoms with E-state index in [1.807, 2.05) is 23.1 Å². The Bertz CT molecular complexity index is 957. The highest BCUT2D eigenvalue weighted by Gasteiger charge is 2.33. The van der Waals surface area contributed by atoms with E-state index in [9.17, 15) is 4.79 Å². The lowest BCUT2D eigenvalue weighted by atomic mass is 10.0. The highest BCUT2D eigenvalue weighted by Crippen LogP contribution is 2.39. The molecule has 1 atom stereocenters. The zero-order chi connectivity index (χ0) is 17.5. The first kappa shape index (κ1) is 15.4. The fourth-order valence-corrected chi connectivity index (χ4v) is 4.30. The number of fused-ring (bicyclic) bond motifs is 1. The number of anilines is 2. The van der Waals surface area contributed by atoms with Crippen molar-refractivity contribution in [2.45, 2.75) is 31.7 Å². The summed E-state index contributed by atoms with van der Waals surface area (Å²) in [5.74, 6) is 0.195. The van der Waals surface area contributed by atoms with E-state index >= 15 is 0 Å². The van der Waals surface area contributed by atoms with Crippen LogP contribution in [0.25, 0.3) is 11.0 Å². The minimum Gasteiger partial charge on any atom is -0.372 e. The molecule has 0 aliphatic carbocycles. The zero-order valence-electron chi connectivity index (χ0n) is 14.7.